The molecule has 0 saturated heterocycles. The smallest absolute Gasteiger partial charge is 0.264 e. The molecule has 1 fully saturated rings. The summed E-state index contributed by atoms with van der Waals surface area (Å²) in [6.45, 7) is 6.88. The van der Waals surface area contributed by atoms with Gasteiger partial charge in [0.05, 0.1) is 36.9 Å². The summed E-state index contributed by atoms with van der Waals surface area (Å²) < 4.78 is 52.9. The third-order valence-corrected chi connectivity index (χ3v) is 14.0. The van der Waals surface area contributed by atoms with Crippen molar-refractivity contribution in [2.24, 2.45) is 17.8 Å². The number of hydrogen-bond acceptors (Lipinski definition) is 9. The van der Waals surface area contributed by atoms with E-state index in [2.05, 4.69) is 21.8 Å². The van der Waals surface area contributed by atoms with E-state index in [9.17, 15) is 18.0 Å². The van der Waals surface area contributed by atoms with Crippen LogP contribution < -0.4 is 14.4 Å². The molecule has 13 heteroatoms. The summed E-state index contributed by atoms with van der Waals surface area (Å²) in [6.07, 6.45) is 8.89. The molecule has 1 N–H and O–H groups in total. The van der Waals surface area contributed by atoms with Crippen molar-refractivity contribution in [1.82, 2.24) is 9.62 Å². The topological polar surface area (TPSA) is 124 Å². The fourth-order valence-corrected chi connectivity index (χ4v) is 9.82. The third-order valence-electron chi connectivity index (χ3n) is 11.9. The van der Waals surface area contributed by atoms with Crippen molar-refractivity contribution < 1.29 is 37.0 Å². The zero-order valence-corrected chi connectivity index (χ0v) is 32.9. The van der Waals surface area contributed by atoms with E-state index in [-0.39, 0.29) is 47.4 Å². The van der Waals surface area contributed by atoms with Gasteiger partial charge in [0, 0.05) is 56.4 Å². The molecule has 2 amide bonds. The minimum atomic E-state index is -4.00. The SMILES string of the molecule is COCCN(CCOC)C(=O)CO[C@H]1/C=C/C[C@H](C)[C@@H](C)S(=O)(=O)NC(=O)c2ccc3c(c2)N(C[C@@H]2CC[C@H]21)C[C@@]1(CCCc2cc(Cl)ccc21)CO3. The molecule has 6 rings (SSSR count). The molecule has 2 aromatic carbocycles. The lowest BCUT2D eigenvalue weighted by molar-refractivity contribution is -0.140. The molecule has 290 valence electrons. The van der Waals surface area contributed by atoms with Crippen LogP contribution >= 0.6 is 11.6 Å². The lowest BCUT2D eigenvalue weighted by Crippen LogP contribution is -2.50. The highest BCUT2D eigenvalue weighted by atomic mass is 35.5. The summed E-state index contributed by atoms with van der Waals surface area (Å²) in [5.41, 5.74) is 3.18. The van der Waals surface area contributed by atoms with Gasteiger partial charge in [-0.05, 0) is 105 Å². The Balaban J connectivity index is 1.35. The van der Waals surface area contributed by atoms with Gasteiger partial charge in [-0.2, -0.15) is 0 Å². The molecule has 2 bridgehead atoms. The van der Waals surface area contributed by atoms with Gasteiger partial charge in [0.1, 0.15) is 12.4 Å². The van der Waals surface area contributed by atoms with Crippen LogP contribution in [0.2, 0.25) is 5.02 Å². The van der Waals surface area contributed by atoms with Crippen molar-refractivity contribution in [3.63, 3.8) is 0 Å². The van der Waals surface area contributed by atoms with E-state index in [1.54, 1.807) is 44.2 Å². The van der Waals surface area contributed by atoms with Crippen molar-refractivity contribution >= 4 is 39.1 Å². The Kier molecular flexibility index (Phi) is 12.8. The van der Waals surface area contributed by atoms with Crippen molar-refractivity contribution in [3.05, 3.63) is 70.3 Å². The Hall–Kier alpha value is -3.16. The van der Waals surface area contributed by atoms with Crippen molar-refractivity contribution in [2.75, 3.05) is 71.7 Å². The number of carbonyl (C=O) groups is 2. The first kappa shape index (κ1) is 39.5. The van der Waals surface area contributed by atoms with Gasteiger partial charge in [0.15, 0.2) is 0 Å². The average Bonchev–Trinajstić information content (AvgIpc) is 3.27. The van der Waals surface area contributed by atoms with Crippen molar-refractivity contribution in [3.8, 4) is 5.75 Å². The quantitative estimate of drug-likeness (QED) is 0.335. The maximum atomic E-state index is 13.6. The fourth-order valence-electron chi connectivity index (χ4n) is 8.34. The number of hydrogen-bond donors (Lipinski definition) is 1. The second-order valence-corrected chi connectivity index (χ2v) is 17.7. The van der Waals surface area contributed by atoms with Crippen LogP contribution in [-0.2, 0) is 40.9 Å². The number of nitrogens with zero attached hydrogens (tertiary/aromatic N) is 2. The number of aryl methyl sites for hydroxylation is 1. The fraction of sp³-hybridized carbons (Fsp3) is 0.600. The molecule has 2 aliphatic carbocycles. The Morgan fingerprint density at radius 3 is 2.58 bits per heavy atom. The van der Waals surface area contributed by atoms with Crippen molar-refractivity contribution in [1.29, 1.82) is 0 Å². The first-order valence-corrected chi connectivity index (χ1v) is 20.8. The number of sulfonamides is 1. The Morgan fingerprint density at radius 1 is 1.09 bits per heavy atom. The van der Waals surface area contributed by atoms with E-state index in [1.165, 1.54) is 11.1 Å². The minimum Gasteiger partial charge on any atom is -0.490 e. The van der Waals surface area contributed by atoms with Crippen LogP contribution in [0.1, 0.15) is 67.4 Å². The molecule has 2 aromatic rings. The lowest BCUT2D eigenvalue weighted by Gasteiger charge is -2.46. The van der Waals surface area contributed by atoms with E-state index in [4.69, 9.17) is 30.5 Å². The number of methoxy groups -OCH3 is 2. The van der Waals surface area contributed by atoms with Crippen LogP contribution in [0.5, 0.6) is 5.75 Å². The largest absolute Gasteiger partial charge is 0.490 e. The van der Waals surface area contributed by atoms with Gasteiger partial charge in [-0.25, -0.2) is 13.1 Å². The van der Waals surface area contributed by atoms with Crippen molar-refractivity contribution in [2.45, 2.75) is 69.1 Å². The van der Waals surface area contributed by atoms with Crippen LogP contribution in [0.4, 0.5) is 5.69 Å². The molecule has 0 radical (unpaired) electrons. The summed E-state index contributed by atoms with van der Waals surface area (Å²) >= 11 is 6.46. The molecular formula is C40H54ClN3O8S. The standard InChI is InChI=1S/C40H54ClN3O8S/c1-27-7-5-9-36(51-24-38(45)43(17-19-49-3)18-20-50-4)33-13-10-31(33)23-44-25-40(16-6-8-29-21-32(41)12-14-34(29)40)26-52-37-15-11-30(22-35(37)44)39(46)42-53(47,48)28(27)2/h5,9,11-12,14-15,21-22,27-28,31,33,36H,6-8,10,13,16-20,23-26H2,1-4H3,(H,42,46)/b9-5+/t27-,28+,31-,33+,36-,40-/m0/s1. The Morgan fingerprint density at radius 2 is 1.87 bits per heavy atom. The number of nitrogens with one attached hydrogen (secondary N) is 1. The zero-order chi connectivity index (χ0) is 37.8. The Labute approximate surface area is 319 Å². The molecule has 4 aliphatic rings. The number of halogens is 1. The lowest BCUT2D eigenvalue weighted by atomic mass is 9.68. The van der Waals surface area contributed by atoms with Gasteiger partial charge >= 0.3 is 0 Å². The number of anilines is 1. The van der Waals surface area contributed by atoms with E-state index >= 15 is 0 Å². The predicted octanol–water partition coefficient (Wildman–Crippen LogP) is 5.39. The second kappa shape index (κ2) is 17.1. The monoisotopic (exact) mass is 771 g/mol. The summed E-state index contributed by atoms with van der Waals surface area (Å²) in [5.74, 6) is -0.0625. The summed E-state index contributed by atoms with van der Waals surface area (Å²) in [7, 11) is -0.780. The summed E-state index contributed by atoms with van der Waals surface area (Å²) in [4.78, 5) is 31.0. The Bertz CT molecular complexity index is 1760. The van der Waals surface area contributed by atoms with Crippen LogP contribution in [0.25, 0.3) is 0 Å². The molecule has 0 unspecified atom stereocenters. The molecule has 1 spiro atoms. The molecule has 53 heavy (non-hydrogen) atoms. The van der Waals surface area contributed by atoms with E-state index in [0.717, 1.165) is 37.8 Å². The second-order valence-electron chi connectivity index (χ2n) is 15.3. The van der Waals surface area contributed by atoms with Crippen LogP contribution in [0.3, 0.4) is 0 Å². The van der Waals surface area contributed by atoms with Gasteiger partial charge < -0.3 is 28.7 Å². The number of fused-ring (bicyclic) bond motifs is 4. The van der Waals surface area contributed by atoms with E-state index < -0.39 is 21.2 Å². The number of benzene rings is 2. The summed E-state index contributed by atoms with van der Waals surface area (Å²) in [6, 6.07) is 11.4. The van der Waals surface area contributed by atoms with Gasteiger partial charge in [-0.15, -0.1) is 0 Å². The normalized spacial score (nSPS) is 28.7. The van der Waals surface area contributed by atoms with E-state index in [0.29, 0.717) is 63.2 Å². The average molecular weight is 772 g/mol. The molecule has 2 aliphatic heterocycles. The molecule has 1 saturated carbocycles. The van der Waals surface area contributed by atoms with Gasteiger partial charge in [0.25, 0.3) is 5.91 Å². The van der Waals surface area contributed by atoms with Gasteiger partial charge in [-0.3, -0.25) is 9.59 Å². The predicted molar refractivity (Wildman–Crippen MR) is 205 cm³/mol. The molecule has 11 nitrogen and oxygen atoms in total. The van der Waals surface area contributed by atoms with Gasteiger partial charge in [0.2, 0.25) is 15.9 Å². The number of amides is 2. The number of rotatable bonds is 9. The molecule has 6 atom stereocenters. The zero-order valence-electron chi connectivity index (χ0n) is 31.4. The highest BCUT2D eigenvalue weighted by Crippen LogP contribution is 2.47. The first-order valence-electron chi connectivity index (χ1n) is 18.8. The molecular weight excluding hydrogens is 718 g/mol. The maximum Gasteiger partial charge on any atom is 0.264 e. The first-order chi connectivity index (χ1) is 25.4. The number of allylic oxidation sites excluding steroid dienone is 1. The summed E-state index contributed by atoms with van der Waals surface area (Å²) in [5, 5.41) is -0.120. The third kappa shape index (κ3) is 8.88. The number of carbonyl (C=O) groups excluding carboxylic acids is 2. The van der Waals surface area contributed by atoms with E-state index in [1.807, 2.05) is 25.1 Å². The van der Waals surface area contributed by atoms with Crippen LogP contribution in [0, 0.1) is 17.8 Å². The highest BCUT2D eigenvalue weighted by molar-refractivity contribution is 7.90. The minimum absolute atomic E-state index is 0.0930. The van der Waals surface area contributed by atoms with Gasteiger partial charge in [-0.1, -0.05) is 36.7 Å². The maximum absolute atomic E-state index is 13.6. The highest BCUT2D eigenvalue weighted by Gasteiger charge is 2.45. The molecule has 2 heterocycles. The van der Waals surface area contributed by atoms with Crippen LogP contribution in [0.15, 0.2) is 48.6 Å². The number of ether oxygens (including phenoxy) is 4. The van der Waals surface area contributed by atoms with Crippen LogP contribution in [-0.4, -0.2) is 103 Å². The molecule has 0 aromatic heterocycles.